The topological polar surface area (TPSA) is 62.2 Å². The van der Waals surface area contributed by atoms with E-state index in [0.29, 0.717) is 6.42 Å². The number of aromatic nitrogens is 1. The van der Waals surface area contributed by atoms with Crippen LogP contribution in [0.2, 0.25) is 0 Å². The summed E-state index contributed by atoms with van der Waals surface area (Å²) in [4.78, 5) is 15.5. The second kappa shape index (κ2) is 5.33. The van der Waals surface area contributed by atoms with Gasteiger partial charge in [-0.2, -0.15) is 0 Å². The van der Waals surface area contributed by atoms with E-state index in [4.69, 9.17) is 11.6 Å². The zero-order valence-corrected chi connectivity index (χ0v) is 11.3. The molecule has 1 amide bonds. The van der Waals surface area contributed by atoms with E-state index in [0.717, 1.165) is 22.2 Å². The first-order chi connectivity index (χ1) is 8.11. The molecule has 0 fully saturated rings. The molecule has 0 spiro atoms. The number of rotatable bonds is 2. The quantitative estimate of drug-likeness (QED) is 0.813. The van der Waals surface area contributed by atoms with Gasteiger partial charge >= 0.3 is 0 Å². The van der Waals surface area contributed by atoms with Crippen LogP contribution in [0, 0.1) is 0 Å². The summed E-state index contributed by atoms with van der Waals surface area (Å²) in [5.41, 5.74) is 1.66. The van der Waals surface area contributed by atoms with Crippen molar-refractivity contribution in [3.63, 3.8) is 0 Å². The smallest absolute Gasteiger partial charge is 0.235 e. The fourth-order valence-electron chi connectivity index (χ4n) is 2.01. The summed E-state index contributed by atoms with van der Waals surface area (Å²) < 4.78 is 0.819. The number of aliphatic hydroxyl groups excluding tert-OH is 1. The Kier molecular flexibility index (Phi) is 4.01. The Hall–Kier alpha value is -0.650. The number of fused-ring (bicyclic) bond motifs is 1. The highest BCUT2D eigenvalue weighted by molar-refractivity contribution is 9.10. The molecule has 1 aliphatic rings. The maximum absolute atomic E-state index is 11.2. The first kappa shape index (κ1) is 12.8. The van der Waals surface area contributed by atoms with Crippen molar-refractivity contribution in [1.82, 2.24) is 10.3 Å². The molecule has 17 heavy (non-hydrogen) atoms. The van der Waals surface area contributed by atoms with E-state index in [2.05, 4.69) is 26.2 Å². The second-order valence-electron chi connectivity index (χ2n) is 3.98. The van der Waals surface area contributed by atoms with Crippen molar-refractivity contribution in [3.8, 4) is 0 Å². The highest BCUT2D eigenvalue weighted by Crippen LogP contribution is 2.30. The molecule has 4 nitrogen and oxygen atoms in total. The van der Waals surface area contributed by atoms with Crippen LogP contribution >= 0.6 is 27.5 Å². The van der Waals surface area contributed by atoms with Crippen LogP contribution in [0.5, 0.6) is 0 Å². The van der Waals surface area contributed by atoms with Crippen LogP contribution in [0.15, 0.2) is 16.7 Å². The minimum Gasteiger partial charge on any atom is -0.386 e. The lowest BCUT2D eigenvalue weighted by atomic mass is 9.89. The summed E-state index contributed by atoms with van der Waals surface area (Å²) in [5.74, 6) is -0.352. The number of pyridine rings is 1. The minimum atomic E-state index is -0.726. The van der Waals surface area contributed by atoms with Crippen LogP contribution in [-0.2, 0) is 11.2 Å². The van der Waals surface area contributed by atoms with Gasteiger partial charge in [0.2, 0.25) is 5.91 Å². The number of carbonyl (C=O) groups is 1. The van der Waals surface area contributed by atoms with Gasteiger partial charge < -0.3 is 10.4 Å². The van der Waals surface area contributed by atoms with Crippen LogP contribution in [0.1, 0.15) is 23.8 Å². The first-order valence-corrected chi connectivity index (χ1v) is 6.62. The Bertz CT molecular complexity index is 441. The Morgan fingerprint density at radius 2 is 2.47 bits per heavy atom. The highest BCUT2D eigenvalue weighted by Gasteiger charge is 2.29. The molecule has 2 atom stereocenters. The van der Waals surface area contributed by atoms with Crippen molar-refractivity contribution in [1.29, 1.82) is 0 Å². The number of nitrogens with one attached hydrogen (secondary N) is 1. The number of hydrogen-bond acceptors (Lipinski definition) is 3. The van der Waals surface area contributed by atoms with E-state index in [1.54, 1.807) is 6.20 Å². The molecule has 0 aliphatic heterocycles. The van der Waals surface area contributed by atoms with Crippen molar-refractivity contribution >= 4 is 33.4 Å². The fraction of sp³-hybridized carbons (Fsp3) is 0.455. The normalized spacial score (nSPS) is 23.0. The lowest BCUT2D eigenvalue weighted by Crippen LogP contribution is -2.42. The van der Waals surface area contributed by atoms with Crippen LogP contribution in [0.3, 0.4) is 0 Å². The summed E-state index contributed by atoms with van der Waals surface area (Å²) in [6, 6.07) is 1.55. The van der Waals surface area contributed by atoms with E-state index < -0.39 is 6.10 Å². The van der Waals surface area contributed by atoms with Gasteiger partial charge in [-0.15, -0.1) is 11.6 Å². The fourth-order valence-corrected chi connectivity index (χ4v) is 2.44. The summed E-state index contributed by atoms with van der Waals surface area (Å²) in [6.07, 6.45) is 2.40. The maximum atomic E-state index is 11.2. The van der Waals surface area contributed by atoms with Gasteiger partial charge in [-0.25, -0.2) is 0 Å². The van der Waals surface area contributed by atoms with Crippen molar-refractivity contribution in [2.45, 2.75) is 25.0 Å². The van der Waals surface area contributed by atoms with Gasteiger partial charge in [0.15, 0.2) is 0 Å². The van der Waals surface area contributed by atoms with Gasteiger partial charge in [0.1, 0.15) is 12.0 Å². The molecule has 1 heterocycles. The highest BCUT2D eigenvalue weighted by atomic mass is 79.9. The lowest BCUT2D eigenvalue weighted by Gasteiger charge is -2.30. The van der Waals surface area contributed by atoms with Crippen LogP contribution in [-0.4, -0.2) is 27.9 Å². The van der Waals surface area contributed by atoms with Gasteiger partial charge in [-0.3, -0.25) is 9.78 Å². The molecule has 1 aliphatic carbocycles. The standard InChI is InChI=1S/C11H12BrClN2O2/c12-6-3-7-8(14-5-6)1-2-9(11(7)17)15-10(16)4-13/h3,5,9,11,17H,1-2,4H2,(H,15,16). The molecule has 2 N–H and O–H groups in total. The third kappa shape index (κ3) is 2.78. The van der Waals surface area contributed by atoms with E-state index in [-0.39, 0.29) is 17.8 Å². The van der Waals surface area contributed by atoms with Crippen LogP contribution in [0.4, 0.5) is 0 Å². The molecule has 92 valence electrons. The van der Waals surface area contributed by atoms with Crippen LogP contribution < -0.4 is 5.32 Å². The second-order valence-corrected chi connectivity index (χ2v) is 5.16. The number of amides is 1. The SMILES string of the molecule is O=C(CCl)NC1CCc2ncc(Br)cc2C1O. The van der Waals surface area contributed by atoms with Crippen molar-refractivity contribution in [3.05, 3.63) is 28.0 Å². The van der Waals surface area contributed by atoms with Crippen molar-refractivity contribution in [2.75, 3.05) is 5.88 Å². The minimum absolute atomic E-state index is 0.0905. The predicted molar refractivity (Wildman–Crippen MR) is 67.9 cm³/mol. The van der Waals surface area contributed by atoms with Gasteiger partial charge in [-0.1, -0.05) is 0 Å². The lowest BCUT2D eigenvalue weighted by molar-refractivity contribution is -0.120. The number of aliphatic hydroxyl groups is 1. The first-order valence-electron chi connectivity index (χ1n) is 5.29. The average Bonchev–Trinajstić information content (AvgIpc) is 2.33. The van der Waals surface area contributed by atoms with Gasteiger partial charge in [0, 0.05) is 21.9 Å². The summed E-state index contributed by atoms with van der Waals surface area (Å²) in [6.45, 7) is 0. The summed E-state index contributed by atoms with van der Waals surface area (Å²) in [5, 5.41) is 12.9. The van der Waals surface area contributed by atoms with Crippen molar-refractivity contribution in [2.24, 2.45) is 0 Å². The average molecular weight is 320 g/mol. The van der Waals surface area contributed by atoms with E-state index >= 15 is 0 Å². The molecule has 1 aromatic heterocycles. The molecule has 0 saturated carbocycles. The number of hydrogen-bond donors (Lipinski definition) is 2. The van der Waals surface area contributed by atoms with Gasteiger partial charge in [0.05, 0.1) is 6.04 Å². The third-order valence-electron chi connectivity index (χ3n) is 2.83. The Morgan fingerprint density at radius 1 is 1.71 bits per heavy atom. The molecular formula is C11H12BrClN2O2. The summed E-state index contributed by atoms with van der Waals surface area (Å²) >= 11 is 8.75. The molecule has 0 bridgehead atoms. The Balaban J connectivity index is 2.20. The molecule has 6 heteroatoms. The van der Waals surface area contributed by atoms with E-state index in [1.165, 1.54) is 0 Å². The number of nitrogens with zero attached hydrogens (tertiary/aromatic N) is 1. The zero-order chi connectivity index (χ0) is 12.4. The molecule has 2 rings (SSSR count). The molecular weight excluding hydrogens is 307 g/mol. The van der Waals surface area contributed by atoms with E-state index in [1.807, 2.05) is 6.07 Å². The molecule has 2 unspecified atom stereocenters. The maximum Gasteiger partial charge on any atom is 0.235 e. The Morgan fingerprint density at radius 3 is 3.18 bits per heavy atom. The molecule has 0 aromatic carbocycles. The third-order valence-corrected chi connectivity index (χ3v) is 3.51. The summed E-state index contributed by atoms with van der Waals surface area (Å²) in [7, 11) is 0. The van der Waals surface area contributed by atoms with Crippen LogP contribution in [0.25, 0.3) is 0 Å². The predicted octanol–water partition coefficient (Wildman–Crippen LogP) is 1.55. The molecule has 1 aromatic rings. The van der Waals surface area contributed by atoms with E-state index in [9.17, 15) is 9.90 Å². The number of aryl methyl sites for hydroxylation is 1. The number of halogens is 2. The largest absolute Gasteiger partial charge is 0.386 e. The molecule has 0 radical (unpaired) electrons. The van der Waals surface area contributed by atoms with Gasteiger partial charge in [0.25, 0.3) is 0 Å². The number of alkyl halides is 1. The Labute approximate surface area is 113 Å². The molecule has 0 saturated heterocycles. The monoisotopic (exact) mass is 318 g/mol. The van der Waals surface area contributed by atoms with Gasteiger partial charge in [-0.05, 0) is 34.8 Å². The zero-order valence-electron chi connectivity index (χ0n) is 8.99. The number of carbonyl (C=O) groups excluding carboxylic acids is 1. The van der Waals surface area contributed by atoms with Crippen molar-refractivity contribution < 1.29 is 9.90 Å².